The molecule has 2 unspecified atom stereocenters. The summed E-state index contributed by atoms with van der Waals surface area (Å²) >= 11 is 0. The number of unbranched alkanes of at least 4 members (excludes halogenated alkanes) is 15. The molecule has 19 heteroatoms. The molecule has 60 heavy (non-hydrogen) atoms. The van der Waals surface area contributed by atoms with Crippen LogP contribution >= 0.6 is 7.82 Å². The first-order valence-electron chi connectivity index (χ1n) is 21.2. The van der Waals surface area contributed by atoms with E-state index in [-0.39, 0.29) is 29.6 Å². The lowest BCUT2D eigenvalue weighted by Gasteiger charge is -2.29. The molecule has 4 rings (SSSR count). The van der Waals surface area contributed by atoms with Gasteiger partial charge < -0.3 is 35.1 Å². The van der Waals surface area contributed by atoms with Crippen molar-refractivity contribution < 1.29 is 51.3 Å². The number of hydrogen-bond donors (Lipinski definition) is 4. The van der Waals surface area contributed by atoms with E-state index in [1.165, 1.54) is 126 Å². The zero-order valence-electron chi connectivity index (χ0n) is 35.3. The average Bonchev–Trinajstić information content (AvgIpc) is 3.75. The van der Waals surface area contributed by atoms with Crippen LogP contribution in [0.25, 0.3) is 5.52 Å². The maximum Gasteiger partial charge on any atom is 0.472 e. The number of aromatic nitrogens is 4. The van der Waals surface area contributed by atoms with Crippen LogP contribution < -0.4 is 5.73 Å². The predicted molar refractivity (Wildman–Crippen MR) is 224 cm³/mol. The standard InChI is InChI=1S/C41H65N6O11PS/c1-4-5-6-7-8-9-10-11-12-13-14-15-16-17-18-19-22-54-27-33(55-26-32-23-34(25-44-24-32)60(3,52)53)28-56-59(50,51)57-30-40(2)37(48)38(49)41(29-42,58-40)36-21-20-35-39(43)45-31-46-47(35)36/h20-21,23-25,31,33,37-38,48-49H,4-19,22,26-28,30H2,1-3H3,(H,50,51)(H2,43,45,46)/t33-,37+,38-,40?,41+/m1/s1. The second-order valence-corrected chi connectivity index (χ2v) is 19.4. The Morgan fingerprint density at radius 2 is 1.57 bits per heavy atom. The van der Waals surface area contributed by atoms with Crippen molar-refractivity contribution in [1.29, 1.82) is 5.26 Å². The number of fused-ring (bicyclic) bond motifs is 1. The first-order valence-corrected chi connectivity index (χ1v) is 24.6. The van der Waals surface area contributed by atoms with Gasteiger partial charge in [-0.2, -0.15) is 10.4 Å². The molecule has 3 aromatic rings. The lowest BCUT2D eigenvalue weighted by molar-refractivity contribution is -0.124. The van der Waals surface area contributed by atoms with E-state index in [4.69, 9.17) is 29.0 Å². The Bertz CT molecular complexity index is 1970. The highest BCUT2D eigenvalue weighted by molar-refractivity contribution is 7.90. The Labute approximate surface area is 354 Å². The first-order chi connectivity index (χ1) is 28.7. The van der Waals surface area contributed by atoms with Crippen LogP contribution in [-0.2, 0) is 49.9 Å². The summed E-state index contributed by atoms with van der Waals surface area (Å²) < 4.78 is 67.0. The highest BCUT2D eigenvalue weighted by atomic mass is 32.2. The molecule has 1 fully saturated rings. The Morgan fingerprint density at radius 1 is 0.950 bits per heavy atom. The molecule has 0 spiro atoms. The van der Waals surface area contributed by atoms with Crippen LogP contribution in [0.3, 0.4) is 0 Å². The van der Waals surface area contributed by atoms with Crippen molar-refractivity contribution in [3.05, 3.63) is 48.2 Å². The molecule has 5 N–H and O–H groups in total. The lowest BCUT2D eigenvalue weighted by atomic mass is 9.90. The molecular weight excluding hydrogens is 816 g/mol. The van der Waals surface area contributed by atoms with Crippen molar-refractivity contribution in [2.24, 2.45) is 0 Å². The number of rotatable bonds is 30. The van der Waals surface area contributed by atoms with Gasteiger partial charge in [0.25, 0.3) is 0 Å². The predicted octanol–water partition coefficient (Wildman–Crippen LogP) is 6.34. The number of phosphoric acid groups is 1. The Morgan fingerprint density at radius 3 is 2.17 bits per heavy atom. The fraction of sp³-hybridized carbons (Fsp3) is 0.707. The number of hydrogen-bond acceptors (Lipinski definition) is 15. The zero-order valence-corrected chi connectivity index (χ0v) is 37.0. The van der Waals surface area contributed by atoms with Crippen molar-refractivity contribution in [2.45, 2.75) is 158 Å². The number of phosphoric ester groups is 1. The molecule has 336 valence electrons. The van der Waals surface area contributed by atoms with Crippen LogP contribution in [0, 0.1) is 11.3 Å². The van der Waals surface area contributed by atoms with E-state index >= 15 is 0 Å². The quantitative estimate of drug-likeness (QED) is 0.0421. The number of aliphatic hydroxyl groups excluding tert-OH is 2. The second-order valence-electron chi connectivity index (χ2n) is 16.0. The summed E-state index contributed by atoms with van der Waals surface area (Å²) in [5.41, 5.74) is 2.72. The fourth-order valence-electron chi connectivity index (χ4n) is 7.24. The summed E-state index contributed by atoms with van der Waals surface area (Å²) in [6, 6.07) is 6.32. The third kappa shape index (κ3) is 14.5. The molecule has 4 heterocycles. The van der Waals surface area contributed by atoms with Crippen LogP contribution in [0.2, 0.25) is 0 Å². The van der Waals surface area contributed by atoms with Crippen LogP contribution in [-0.4, -0.2) is 99.7 Å². The molecule has 1 saturated heterocycles. The van der Waals surface area contributed by atoms with E-state index in [0.29, 0.717) is 17.7 Å². The minimum absolute atomic E-state index is 0.00625. The van der Waals surface area contributed by atoms with Gasteiger partial charge in [-0.15, -0.1) is 0 Å². The Kier molecular flexibility index (Phi) is 19.8. The number of sulfone groups is 1. The summed E-state index contributed by atoms with van der Waals surface area (Å²) in [7, 11) is -8.39. The third-order valence-electron chi connectivity index (χ3n) is 10.8. The largest absolute Gasteiger partial charge is 0.472 e. The number of nitrogens with zero attached hydrogens (tertiary/aromatic N) is 5. The lowest BCUT2D eigenvalue weighted by Crippen LogP contribution is -2.44. The number of ether oxygens (including phenoxy) is 3. The summed E-state index contributed by atoms with van der Waals surface area (Å²) in [6.07, 6.45) is 20.5. The molecule has 0 aromatic carbocycles. The van der Waals surface area contributed by atoms with Crippen molar-refractivity contribution in [3.8, 4) is 6.07 Å². The SMILES string of the molecule is CCCCCCCCCCCCCCCCCCOC[C@H](COP(=O)(O)OCC1(C)O[C@@](C#N)(c2ccc3c(N)ncnn23)[C@H](O)[C@@H]1O)OCc1cncc(S(C)(=O)=O)c1. The summed E-state index contributed by atoms with van der Waals surface area (Å²) in [6.45, 7) is 2.66. The average molecular weight is 881 g/mol. The van der Waals surface area contributed by atoms with Crippen molar-refractivity contribution in [1.82, 2.24) is 19.6 Å². The van der Waals surface area contributed by atoms with E-state index in [1.807, 2.05) is 6.07 Å². The third-order valence-corrected chi connectivity index (χ3v) is 12.8. The fourth-order valence-corrected chi connectivity index (χ4v) is 8.71. The maximum absolute atomic E-state index is 13.2. The number of aliphatic hydroxyl groups is 2. The molecule has 0 aliphatic carbocycles. The number of nitriles is 1. The van der Waals surface area contributed by atoms with E-state index < -0.39 is 60.4 Å². The molecule has 0 amide bonds. The van der Waals surface area contributed by atoms with Crippen LogP contribution in [0.5, 0.6) is 0 Å². The van der Waals surface area contributed by atoms with E-state index in [9.17, 15) is 33.4 Å². The molecule has 6 atom stereocenters. The maximum atomic E-state index is 13.2. The molecule has 17 nitrogen and oxygen atoms in total. The van der Waals surface area contributed by atoms with Crippen LogP contribution in [0.1, 0.15) is 128 Å². The zero-order chi connectivity index (χ0) is 43.7. The van der Waals surface area contributed by atoms with Crippen molar-refractivity contribution >= 4 is 29.0 Å². The van der Waals surface area contributed by atoms with Gasteiger partial charge >= 0.3 is 7.82 Å². The highest BCUT2D eigenvalue weighted by Gasteiger charge is 2.63. The number of nitrogen functional groups attached to an aromatic ring is 1. The van der Waals surface area contributed by atoms with Crippen LogP contribution in [0.4, 0.5) is 5.82 Å². The van der Waals surface area contributed by atoms with Gasteiger partial charge in [0.15, 0.2) is 15.7 Å². The molecule has 3 aromatic heterocycles. The molecule has 0 radical (unpaired) electrons. The summed E-state index contributed by atoms with van der Waals surface area (Å²) in [4.78, 5) is 18.6. The van der Waals surface area contributed by atoms with Gasteiger partial charge in [-0.3, -0.25) is 14.0 Å². The second kappa shape index (κ2) is 23.9. The van der Waals surface area contributed by atoms with Gasteiger partial charge in [0.05, 0.1) is 37.0 Å². The molecule has 1 aliphatic rings. The minimum atomic E-state index is -4.87. The molecule has 1 aliphatic heterocycles. The van der Waals surface area contributed by atoms with Gasteiger partial charge in [-0.05, 0) is 37.1 Å². The van der Waals surface area contributed by atoms with Gasteiger partial charge in [0.1, 0.15) is 41.8 Å². The number of anilines is 1. The number of nitrogens with two attached hydrogens (primary N) is 1. The van der Waals surface area contributed by atoms with Gasteiger partial charge in [-0.25, -0.2) is 22.5 Å². The smallest absolute Gasteiger partial charge is 0.387 e. The normalized spacial score (nSPS) is 22.2. The van der Waals surface area contributed by atoms with E-state index in [0.717, 1.165) is 31.8 Å². The van der Waals surface area contributed by atoms with Crippen molar-refractivity contribution in [2.75, 3.05) is 38.4 Å². The number of pyridine rings is 1. The van der Waals surface area contributed by atoms with Crippen LogP contribution in [0.15, 0.2) is 41.8 Å². The van der Waals surface area contributed by atoms with E-state index in [2.05, 4.69) is 22.0 Å². The van der Waals surface area contributed by atoms with Gasteiger partial charge in [0, 0.05) is 25.3 Å². The van der Waals surface area contributed by atoms with Gasteiger partial charge in [0.2, 0.25) is 5.60 Å². The Hall–Kier alpha value is -3.08. The molecular formula is C41H65N6O11PS. The summed E-state index contributed by atoms with van der Waals surface area (Å²) in [5.74, 6) is 0.105. The summed E-state index contributed by atoms with van der Waals surface area (Å²) in [5, 5.41) is 36.6. The first kappa shape index (κ1) is 49.6. The molecule has 0 bridgehead atoms. The van der Waals surface area contributed by atoms with Crippen molar-refractivity contribution in [3.63, 3.8) is 0 Å². The molecule has 0 saturated carbocycles. The monoisotopic (exact) mass is 880 g/mol. The minimum Gasteiger partial charge on any atom is -0.387 e. The highest BCUT2D eigenvalue weighted by Crippen LogP contribution is 2.49. The van der Waals surface area contributed by atoms with Gasteiger partial charge in [-0.1, -0.05) is 103 Å². The topological polar surface area (TPSA) is 251 Å². The van der Waals surface area contributed by atoms with E-state index in [1.54, 1.807) is 0 Å². The Balaban J connectivity index is 1.24.